The minimum Gasteiger partial charge on any atom is -0.326 e. The highest BCUT2D eigenvalue weighted by Crippen LogP contribution is 2.31. The van der Waals surface area contributed by atoms with E-state index in [0.717, 1.165) is 31.3 Å². The van der Waals surface area contributed by atoms with E-state index < -0.39 is 0 Å². The van der Waals surface area contributed by atoms with Crippen LogP contribution in [0.3, 0.4) is 0 Å². The van der Waals surface area contributed by atoms with E-state index in [-0.39, 0.29) is 6.04 Å². The summed E-state index contributed by atoms with van der Waals surface area (Å²) in [6.45, 7) is 9.22. The van der Waals surface area contributed by atoms with E-state index in [2.05, 4.69) is 36.7 Å². The second-order valence-electron chi connectivity index (χ2n) is 6.77. The number of nitrogens with two attached hydrogens (primary N) is 1. The quantitative estimate of drug-likeness (QED) is 0.900. The minimum absolute atomic E-state index is 0.185. The lowest BCUT2D eigenvalue weighted by molar-refractivity contribution is 0.171. The highest BCUT2D eigenvalue weighted by Gasteiger charge is 2.28. The molecule has 3 unspecified atom stereocenters. The average Bonchev–Trinajstić information content (AvgIpc) is 2.74. The summed E-state index contributed by atoms with van der Waals surface area (Å²) in [5, 5.41) is 0. The maximum Gasteiger partial charge on any atom is 0.0514 e. The molecule has 21 heavy (non-hydrogen) atoms. The number of nitrogens with zero attached hydrogens (tertiary/aromatic N) is 2. The first-order chi connectivity index (χ1) is 10.1. The van der Waals surface area contributed by atoms with Crippen molar-refractivity contribution in [3.63, 3.8) is 0 Å². The van der Waals surface area contributed by atoms with Gasteiger partial charge in [-0.2, -0.15) is 0 Å². The highest BCUT2D eigenvalue weighted by atomic mass is 15.2. The van der Waals surface area contributed by atoms with E-state index in [1.165, 1.54) is 24.8 Å². The number of rotatable bonds is 5. The number of hydrogen-bond acceptors (Lipinski definition) is 3. The molecule has 3 heteroatoms. The molecule has 1 aliphatic heterocycles. The lowest BCUT2D eigenvalue weighted by atomic mass is 9.89. The van der Waals surface area contributed by atoms with E-state index in [0.29, 0.717) is 6.04 Å². The molecule has 3 atom stereocenters. The van der Waals surface area contributed by atoms with Crippen LogP contribution in [0.2, 0.25) is 0 Å². The molecule has 0 saturated carbocycles. The summed E-state index contributed by atoms with van der Waals surface area (Å²) in [4.78, 5) is 6.91. The molecule has 1 saturated heterocycles. The third-order valence-electron chi connectivity index (χ3n) is 5.05. The van der Waals surface area contributed by atoms with Crippen LogP contribution in [-0.4, -0.2) is 29.0 Å². The Kier molecular flexibility index (Phi) is 6.19. The number of likely N-dealkylation sites (tertiary alicyclic amines) is 1. The lowest BCUT2D eigenvalue weighted by Crippen LogP contribution is -2.41. The minimum atomic E-state index is 0.185. The maximum absolute atomic E-state index is 6.46. The Morgan fingerprint density at radius 3 is 2.76 bits per heavy atom. The highest BCUT2D eigenvalue weighted by molar-refractivity contribution is 5.16. The van der Waals surface area contributed by atoms with Crippen molar-refractivity contribution in [2.24, 2.45) is 17.6 Å². The molecular weight excluding hydrogens is 258 g/mol. The Bertz CT molecular complexity index is 404. The van der Waals surface area contributed by atoms with E-state index >= 15 is 0 Å². The summed E-state index contributed by atoms with van der Waals surface area (Å²) >= 11 is 0. The van der Waals surface area contributed by atoms with Gasteiger partial charge in [-0.3, -0.25) is 9.88 Å². The predicted octanol–water partition coefficient (Wildman–Crippen LogP) is 3.62. The van der Waals surface area contributed by atoms with Crippen molar-refractivity contribution in [3.05, 3.63) is 30.1 Å². The number of aromatic nitrogens is 1. The fraction of sp³-hybridized carbons (Fsp3) is 0.722. The Hall–Kier alpha value is -0.930. The SMILES string of the molecule is CCC(N)C(c1cccnc1)N1CCCC(C(C)C)CC1. The molecule has 2 heterocycles. The largest absolute Gasteiger partial charge is 0.326 e. The van der Waals surface area contributed by atoms with Crippen LogP contribution in [0.1, 0.15) is 58.1 Å². The Morgan fingerprint density at radius 1 is 1.33 bits per heavy atom. The summed E-state index contributed by atoms with van der Waals surface area (Å²) in [6, 6.07) is 4.71. The van der Waals surface area contributed by atoms with Gasteiger partial charge < -0.3 is 5.73 Å². The molecule has 0 spiro atoms. The Balaban J connectivity index is 2.14. The normalized spacial score (nSPS) is 23.8. The topological polar surface area (TPSA) is 42.1 Å². The van der Waals surface area contributed by atoms with E-state index in [1.54, 1.807) is 0 Å². The molecule has 1 aliphatic rings. The molecule has 0 radical (unpaired) electrons. The Morgan fingerprint density at radius 2 is 2.14 bits per heavy atom. The maximum atomic E-state index is 6.46. The molecule has 0 amide bonds. The van der Waals surface area contributed by atoms with E-state index in [4.69, 9.17) is 5.73 Å². The average molecular weight is 289 g/mol. The van der Waals surface area contributed by atoms with Crippen LogP contribution >= 0.6 is 0 Å². The first-order valence-electron chi connectivity index (χ1n) is 8.53. The fourth-order valence-electron chi connectivity index (χ4n) is 3.59. The molecule has 0 aromatic carbocycles. The van der Waals surface area contributed by atoms with Gasteiger partial charge in [-0.05, 0) is 62.2 Å². The van der Waals surface area contributed by atoms with Gasteiger partial charge in [-0.1, -0.05) is 26.8 Å². The molecule has 2 rings (SSSR count). The second kappa shape index (κ2) is 7.90. The first-order valence-corrected chi connectivity index (χ1v) is 8.53. The Labute approximate surface area is 129 Å². The van der Waals surface area contributed by atoms with Crippen LogP contribution in [0.5, 0.6) is 0 Å². The van der Waals surface area contributed by atoms with Crippen molar-refractivity contribution in [1.82, 2.24) is 9.88 Å². The van der Waals surface area contributed by atoms with Crippen molar-refractivity contribution in [3.8, 4) is 0 Å². The third-order valence-corrected chi connectivity index (χ3v) is 5.05. The lowest BCUT2D eigenvalue weighted by Gasteiger charge is -2.35. The van der Waals surface area contributed by atoms with Crippen molar-refractivity contribution < 1.29 is 0 Å². The van der Waals surface area contributed by atoms with Crippen LogP contribution in [0.25, 0.3) is 0 Å². The summed E-state index contributed by atoms with van der Waals surface area (Å²) in [5.74, 6) is 1.66. The summed E-state index contributed by atoms with van der Waals surface area (Å²) < 4.78 is 0. The molecule has 1 fully saturated rings. The summed E-state index contributed by atoms with van der Waals surface area (Å²) in [6.07, 6.45) is 8.78. The first kappa shape index (κ1) is 16.4. The van der Waals surface area contributed by atoms with Crippen LogP contribution in [-0.2, 0) is 0 Å². The van der Waals surface area contributed by atoms with Crippen LogP contribution in [0.4, 0.5) is 0 Å². The molecule has 1 aromatic rings. The summed E-state index contributed by atoms with van der Waals surface area (Å²) in [7, 11) is 0. The van der Waals surface area contributed by atoms with Crippen LogP contribution in [0.15, 0.2) is 24.5 Å². The van der Waals surface area contributed by atoms with Crippen LogP contribution < -0.4 is 5.73 Å². The predicted molar refractivity (Wildman–Crippen MR) is 89.0 cm³/mol. The molecule has 0 aliphatic carbocycles. The molecule has 118 valence electrons. The number of hydrogen-bond donors (Lipinski definition) is 1. The van der Waals surface area contributed by atoms with Gasteiger partial charge in [0.15, 0.2) is 0 Å². The monoisotopic (exact) mass is 289 g/mol. The molecular formula is C18H31N3. The van der Waals surface area contributed by atoms with Crippen molar-refractivity contribution in [1.29, 1.82) is 0 Å². The zero-order chi connectivity index (χ0) is 15.2. The van der Waals surface area contributed by atoms with Gasteiger partial charge >= 0.3 is 0 Å². The number of pyridine rings is 1. The second-order valence-corrected chi connectivity index (χ2v) is 6.77. The zero-order valence-electron chi connectivity index (χ0n) is 13.8. The van der Waals surface area contributed by atoms with Gasteiger partial charge in [-0.25, -0.2) is 0 Å². The smallest absolute Gasteiger partial charge is 0.0514 e. The van der Waals surface area contributed by atoms with Gasteiger partial charge in [0, 0.05) is 18.4 Å². The van der Waals surface area contributed by atoms with Crippen molar-refractivity contribution in [2.45, 2.75) is 58.5 Å². The molecule has 2 N–H and O–H groups in total. The van der Waals surface area contributed by atoms with E-state index in [9.17, 15) is 0 Å². The standard InChI is InChI=1S/C18H31N3/c1-4-17(19)18(16-7-5-10-20-13-16)21-11-6-8-15(9-12-21)14(2)3/h5,7,10,13-15,17-18H,4,6,8-9,11-12,19H2,1-3H3. The fourth-order valence-corrected chi connectivity index (χ4v) is 3.59. The third kappa shape index (κ3) is 4.27. The summed E-state index contributed by atoms with van der Waals surface area (Å²) in [5.41, 5.74) is 7.73. The van der Waals surface area contributed by atoms with Gasteiger partial charge in [-0.15, -0.1) is 0 Å². The zero-order valence-corrected chi connectivity index (χ0v) is 13.8. The molecule has 1 aromatic heterocycles. The van der Waals surface area contributed by atoms with Crippen LogP contribution in [0, 0.1) is 11.8 Å². The van der Waals surface area contributed by atoms with Gasteiger partial charge in [0.2, 0.25) is 0 Å². The van der Waals surface area contributed by atoms with Crippen molar-refractivity contribution >= 4 is 0 Å². The van der Waals surface area contributed by atoms with Gasteiger partial charge in [0.25, 0.3) is 0 Å². The van der Waals surface area contributed by atoms with Crippen molar-refractivity contribution in [2.75, 3.05) is 13.1 Å². The van der Waals surface area contributed by atoms with Gasteiger partial charge in [0.05, 0.1) is 6.04 Å². The van der Waals surface area contributed by atoms with Gasteiger partial charge in [0.1, 0.15) is 0 Å². The van der Waals surface area contributed by atoms with E-state index in [1.807, 2.05) is 18.5 Å². The molecule has 0 bridgehead atoms. The molecule has 3 nitrogen and oxygen atoms in total.